The van der Waals surface area contributed by atoms with Gasteiger partial charge in [0.25, 0.3) is 0 Å². The maximum absolute atomic E-state index is 4.59. The van der Waals surface area contributed by atoms with Gasteiger partial charge in [0, 0.05) is 30.7 Å². The number of nitrogens with zero attached hydrogens (tertiary/aromatic N) is 5. The molecular weight excluding hydrogens is 276 g/mol. The molecule has 6 nitrogen and oxygen atoms in total. The molecule has 3 rings (SSSR count). The van der Waals surface area contributed by atoms with E-state index in [0.29, 0.717) is 12.5 Å². The zero-order valence-electron chi connectivity index (χ0n) is 12.9. The summed E-state index contributed by atoms with van der Waals surface area (Å²) in [6.45, 7) is 4.62. The first-order valence-electron chi connectivity index (χ1n) is 7.12. The molecule has 0 saturated heterocycles. The Balaban J connectivity index is 1.84. The number of aryl methyl sites for hydroxylation is 2. The molecule has 3 aromatic heterocycles. The summed E-state index contributed by atoms with van der Waals surface area (Å²) in [6, 6.07) is 7.73. The molecule has 22 heavy (non-hydrogen) atoms. The van der Waals surface area contributed by atoms with Crippen LogP contribution in [0.15, 0.2) is 36.7 Å². The number of rotatable bonds is 4. The maximum Gasteiger partial charge on any atom is 0.223 e. The van der Waals surface area contributed by atoms with Crippen molar-refractivity contribution in [2.45, 2.75) is 20.4 Å². The lowest BCUT2D eigenvalue weighted by Gasteiger charge is -2.06. The highest BCUT2D eigenvalue weighted by Gasteiger charge is 2.13. The second-order valence-electron chi connectivity index (χ2n) is 5.11. The molecule has 112 valence electrons. The average Bonchev–Trinajstić information content (AvgIpc) is 2.79. The number of nitrogens with one attached hydrogen (secondary N) is 1. The van der Waals surface area contributed by atoms with E-state index in [1.807, 2.05) is 49.8 Å². The van der Waals surface area contributed by atoms with E-state index in [1.54, 1.807) is 12.4 Å². The van der Waals surface area contributed by atoms with Crippen LogP contribution in [0.25, 0.3) is 11.3 Å². The molecule has 0 fully saturated rings. The SMILES string of the molecule is Cc1nn(C)c(C)c1-c1ccnc(NCc2ccccn2)n1. The van der Waals surface area contributed by atoms with Crippen molar-refractivity contribution in [3.8, 4) is 11.3 Å². The van der Waals surface area contributed by atoms with Crippen molar-refractivity contribution in [3.05, 3.63) is 53.7 Å². The monoisotopic (exact) mass is 294 g/mol. The third-order valence-corrected chi connectivity index (χ3v) is 3.57. The van der Waals surface area contributed by atoms with Gasteiger partial charge in [-0.3, -0.25) is 9.67 Å². The third-order valence-electron chi connectivity index (χ3n) is 3.57. The van der Waals surface area contributed by atoms with Gasteiger partial charge in [0.15, 0.2) is 0 Å². The van der Waals surface area contributed by atoms with E-state index in [9.17, 15) is 0 Å². The first-order valence-corrected chi connectivity index (χ1v) is 7.12. The lowest BCUT2D eigenvalue weighted by atomic mass is 10.1. The Morgan fingerprint density at radius 2 is 1.95 bits per heavy atom. The molecule has 0 atom stereocenters. The molecule has 0 unspecified atom stereocenters. The van der Waals surface area contributed by atoms with E-state index in [-0.39, 0.29) is 0 Å². The van der Waals surface area contributed by atoms with Crippen LogP contribution in [-0.4, -0.2) is 24.7 Å². The predicted molar refractivity (Wildman–Crippen MR) is 85.3 cm³/mol. The van der Waals surface area contributed by atoms with Gasteiger partial charge in [0.05, 0.1) is 23.6 Å². The van der Waals surface area contributed by atoms with E-state index >= 15 is 0 Å². The molecule has 1 N–H and O–H groups in total. The van der Waals surface area contributed by atoms with Crippen LogP contribution in [0.3, 0.4) is 0 Å². The highest BCUT2D eigenvalue weighted by molar-refractivity contribution is 5.65. The van der Waals surface area contributed by atoms with Gasteiger partial charge in [-0.2, -0.15) is 5.10 Å². The quantitative estimate of drug-likeness (QED) is 0.800. The largest absolute Gasteiger partial charge is 0.349 e. The molecular formula is C16H18N6. The van der Waals surface area contributed by atoms with Gasteiger partial charge in [-0.1, -0.05) is 6.07 Å². The predicted octanol–water partition coefficient (Wildman–Crippen LogP) is 2.50. The Morgan fingerprint density at radius 3 is 2.64 bits per heavy atom. The molecule has 0 amide bonds. The van der Waals surface area contributed by atoms with Crippen LogP contribution in [0, 0.1) is 13.8 Å². The Kier molecular flexibility index (Phi) is 3.82. The molecule has 0 spiro atoms. The van der Waals surface area contributed by atoms with E-state index < -0.39 is 0 Å². The average molecular weight is 294 g/mol. The van der Waals surface area contributed by atoms with Crippen LogP contribution in [-0.2, 0) is 13.6 Å². The van der Waals surface area contributed by atoms with Crippen molar-refractivity contribution >= 4 is 5.95 Å². The summed E-state index contributed by atoms with van der Waals surface area (Å²) in [4.78, 5) is 13.1. The van der Waals surface area contributed by atoms with Crippen LogP contribution < -0.4 is 5.32 Å². The number of pyridine rings is 1. The lowest BCUT2D eigenvalue weighted by Crippen LogP contribution is -2.05. The van der Waals surface area contributed by atoms with Gasteiger partial charge < -0.3 is 5.32 Å². The topological polar surface area (TPSA) is 68.5 Å². The van der Waals surface area contributed by atoms with Crippen molar-refractivity contribution in [1.82, 2.24) is 24.7 Å². The van der Waals surface area contributed by atoms with E-state index in [0.717, 1.165) is 28.3 Å². The fraction of sp³-hybridized carbons (Fsp3) is 0.250. The summed E-state index contributed by atoms with van der Waals surface area (Å²) in [5.74, 6) is 0.589. The van der Waals surface area contributed by atoms with E-state index in [1.165, 1.54) is 0 Å². The number of hydrogen-bond donors (Lipinski definition) is 1. The number of aromatic nitrogens is 5. The molecule has 0 aliphatic rings. The van der Waals surface area contributed by atoms with Crippen molar-refractivity contribution in [1.29, 1.82) is 0 Å². The lowest BCUT2D eigenvalue weighted by molar-refractivity contribution is 0.731. The Morgan fingerprint density at radius 1 is 1.09 bits per heavy atom. The molecule has 3 heterocycles. The standard InChI is InChI=1S/C16H18N6/c1-11-15(12(2)22(3)21-11)14-7-9-18-16(20-14)19-10-13-6-4-5-8-17-13/h4-9H,10H2,1-3H3,(H,18,19,20). The van der Waals surface area contributed by atoms with Crippen LogP contribution >= 0.6 is 0 Å². The highest BCUT2D eigenvalue weighted by Crippen LogP contribution is 2.25. The zero-order valence-corrected chi connectivity index (χ0v) is 12.9. The van der Waals surface area contributed by atoms with Gasteiger partial charge in [0.1, 0.15) is 0 Å². The second kappa shape index (κ2) is 5.93. The first-order chi connectivity index (χ1) is 10.6. The van der Waals surface area contributed by atoms with Crippen molar-refractivity contribution in [3.63, 3.8) is 0 Å². The smallest absolute Gasteiger partial charge is 0.223 e. The van der Waals surface area contributed by atoms with Gasteiger partial charge in [0.2, 0.25) is 5.95 Å². The van der Waals surface area contributed by atoms with Gasteiger partial charge in [-0.25, -0.2) is 9.97 Å². The van der Waals surface area contributed by atoms with Crippen molar-refractivity contribution in [2.75, 3.05) is 5.32 Å². The normalized spacial score (nSPS) is 10.7. The van der Waals surface area contributed by atoms with Gasteiger partial charge >= 0.3 is 0 Å². The molecule has 0 radical (unpaired) electrons. The van der Waals surface area contributed by atoms with Crippen LogP contribution in [0.5, 0.6) is 0 Å². The number of anilines is 1. The summed E-state index contributed by atoms with van der Waals surface area (Å²) in [5.41, 5.74) is 4.94. The Labute approximate surface area is 129 Å². The fourth-order valence-electron chi connectivity index (χ4n) is 2.40. The van der Waals surface area contributed by atoms with E-state index in [2.05, 4.69) is 25.4 Å². The molecule has 3 aromatic rings. The van der Waals surface area contributed by atoms with Gasteiger partial charge in [-0.05, 0) is 32.0 Å². The van der Waals surface area contributed by atoms with E-state index in [4.69, 9.17) is 0 Å². The summed E-state index contributed by atoms with van der Waals surface area (Å²) >= 11 is 0. The fourth-order valence-corrected chi connectivity index (χ4v) is 2.40. The van der Waals surface area contributed by atoms with Crippen LogP contribution in [0.4, 0.5) is 5.95 Å². The van der Waals surface area contributed by atoms with Crippen LogP contribution in [0.2, 0.25) is 0 Å². The Bertz CT molecular complexity index is 779. The summed E-state index contributed by atoms with van der Waals surface area (Å²) in [7, 11) is 1.94. The summed E-state index contributed by atoms with van der Waals surface area (Å²) in [6.07, 6.45) is 3.53. The van der Waals surface area contributed by atoms with Crippen LogP contribution in [0.1, 0.15) is 17.1 Å². The van der Waals surface area contributed by atoms with Gasteiger partial charge in [-0.15, -0.1) is 0 Å². The van der Waals surface area contributed by atoms with Crippen molar-refractivity contribution in [2.24, 2.45) is 7.05 Å². The molecule has 6 heteroatoms. The highest BCUT2D eigenvalue weighted by atomic mass is 15.3. The number of hydrogen-bond acceptors (Lipinski definition) is 5. The molecule has 0 aromatic carbocycles. The first kappa shape index (κ1) is 14.2. The second-order valence-corrected chi connectivity index (χ2v) is 5.11. The zero-order chi connectivity index (χ0) is 15.5. The summed E-state index contributed by atoms with van der Waals surface area (Å²) < 4.78 is 1.87. The third kappa shape index (κ3) is 2.81. The minimum atomic E-state index is 0.589. The molecule has 0 saturated carbocycles. The molecule has 0 aliphatic heterocycles. The Hall–Kier alpha value is -2.76. The van der Waals surface area contributed by atoms with Crippen molar-refractivity contribution < 1.29 is 0 Å². The molecule has 0 aliphatic carbocycles. The minimum absolute atomic E-state index is 0.589. The maximum atomic E-state index is 4.59. The summed E-state index contributed by atoms with van der Waals surface area (Å²) in [5, 5.41) is 7.64. The minimum Gasteiger partial charge on any atom is -0.349 e. The molecule has 0 bridgehead atoms.